The zero-order chi connectivity index (χ0) is 9.64. The van der Waals surface area contributed by atoms with Crippen LogP contribution in [-0.4, -0.2) is 26.1 Å². The van der Waals surface area contributed by atoms with Crippen molar-refractivity contribution in [3.05, 3.63) is 35.9 Å². The predicted molar refractivity (Wildman–Crippen MR) is 51.8 cm³/mol. The summed E-state index contributed by atoms with van der Waals surface area (Å²) in [5.41, 5.74) is 1.17. The number of epoxide rings is 1. The van der Waals surface area contributed by atoms with E-state index in [1.807, 2.05) is 30.3 Å². The van der Waals surface area contributed by atoms with Gasteiger partial charge in [-0.15, -0.1) is 0 Å². The Morgan fingerprint density at radius 1 is 1.21 bits per heavy atom. The van der Waals surface area contributed by atoms with Gasteiger partial charge in [0.1, 0.15) is 12.9 Å². The molecule has 0 saturated carbocycles. The van der Waals surface area contributed by atoms with E-state index in [0.717, 1.165) is 6.61 Å². The zero-order valence-corrected chi connectivity index (χ0v) is 8.02. The van der Waals surface area contributed by atoms with Gasteiger partial charge < -0.3 is 14.2 Å². The van der Waals surface area contributed by atoms with E-state index in [4.69, 9.17) is 14.2 Å². The van der Waals surface area contributed by atoms with Crippen LogP contribution in [0.1, 0.15) is 5.56 Å². The third-order valence-corrected chi connectivity index (χ3v) is 1.98. The maximum atomic E-state index is 5.32. The van der Waals surface area contributed by atoms with Crippen LogP contribution in [0.3, 0.4) is 0 Å². The number of hydrogen-bond donors (Lipinski definition) is 0. The minimum absolute atomic E-state index is 0.315. The largest absolute Gasteiger partial charge is 0.371 e. The lowest BCUT2D eigenvalue weighted by molar-refractivity contribution is -0.0650. The fraction of sp³-hybridized carbons (Fsp3) is 0.455. The Bertz CT molecular complexity index is 256. The fourth-order valence-electron chi connectivity index (χ4n) is 1.14. The summed E-state index contributed by atoms with van der Waals surface area (Å²) < 4.78 is 15.5. The molecule has 0 radical (unpaired) electrons. The SMILES string of the molecule is c1ccc(COCOCC2CO2)cc1. The minimum atomic E-state index is 0.315. The summed E-state index contributed by atoms with van der Waals surface area (Å²) in [6.07, 6.45) is 0.315. The molecule has 3 heteroatoms. The molecule has 3 nitrogen and oxygen atoms in total. The van der Waals surface area contributed by atoms with Gasteiger partial charge in [0.15, 0.2) is 0 Å². The average molecular weight is 194 g/mol. The fourth-order valence-corrected chi connectivity index (χ4v) is 1.14. The van der Waals surface area contributed by atoms with Gasteiger partial charge in [0, 0.05) is 0 Å². The topological polar surface area (TPSA) is 31.0 Å². The van der Waals surface area contributed by atoms with E-state index in [1.165, 1.54) is 5.56 Å². The molecular weight excluding hydrogens is 180 g/mol. The van der Waals surface area contributed by atoms with Crippen LogP contribution < -0.4 is 0 Å². The van der Waals surface area contributed by atoms with Crippen LogP contribution in [0.2, 0.25) is 0 Å². The van der Waals surface area contributed by atoms with Crippen molar-refractivity contribution in [1.29, 1.82) is 0 Å². The van der Waals surface area contributed by atoms with Crippen molar-refractivity contribution < 1.29 is 14.2 Å². The van der Waals surface area contributed by atoms with Crippen molar-refractivity contribution in [2.24, 2.45) is 0 Å². The molecule has 0 aliphatic carbocycles. The average Bonchev–Trinajstić information content (AvgIpc) is 3.03. The van der Waals surface area contributed by atoms with Gasteiger partial charge in [-0.2, -0.15) is 0 Å². The molecular formula is C11H14O3. The Balaban J connectivity index is 1.54. The molecule has 0 N–H and O–H groups in total. The second-order valence-corrected chi connectivity index (χ2v) is 3.28. The molecule has 1 heterocycles. The van der Waals surface area contributed by atoms with Crippen LogP contribution in [0.25, 0.3) is 0 Å². The zero-order valence-electron chi connectivity index (χ0n) is 8.02. The first-order chi connectivity index (χ1) is 6.95. The van der Waals surface area contributed by atoms with Gasteiger partial charge in [-0.05, 0) is 5.56 Å². The highest BCUT2D eigenvalue weighted by molar-refractivity contribution is 5.13. The van der Waals surface area contributed by atoms with Crippen LogP contribution in [0, 0.1) is 0 Å². The summed E-state index contributed by atoms with van der Waals surface area (Å²) in [4.78, 5) is 0. The van der Waals surface area contributed by atoms with Crippen molar-refractivity contribution in [2.45, 2.75) is 12.7 Å². The highest BCUT2D eigenvalue weighted by Crippen LogP contribution is 2.08. The normalized spacial score (nSPS) is 19.6. The Morgan fingerprint density at radius 2 is 2.00 bits per heavy atom. The van der Waals surface area contributed by atoms with E-state index in [1.54, 1.807) is 0 Å². The maximum absolute atomic E-state index is 5.32. The molecule has 0 spiro atoms. The van der Waals surface area contributed by atoms with Crippen LogP contribution in [0.4, 0.5) is 0 Å². The second-order valence-electron chi connectivity index (χ2n) is 3.28. The van der Waals surface area contributed by atoms with E-state index in [2.05, 4.69) is 0 Å². The van der Waals surface area contributed by atoms with Gasteiger partial charge in [-0.1, -0.05) is 30.3 Å². The van der Waals surface area contributed by atoms with Crippen molar-refractivity contribution >= 4 is 0 Å². The molecule has 0 bridgehead atoms. The first kappa shape index (κ1) is 9.65. The van der Waals surface area contributed by atoms with Crippen LogP contribution in [0.5, 0.6) is 0 Å². The van der Waals surface area contributed by atoms with E-state index in [-0.39, 0.29) is 0 Å². The summed E-state index contributed by atoms with van der Waals surface area (Å²) >= 11 is 0. The molecule has 1 aromatic rings. The van der Waals surface area contributed by atoms with Gasteiger partial charge in [-0.25, -0.2) is 0 Å². The highest BCUT2D eigenvalue weighted by atomic mass is 16.7. The Kier molecular flexibility index (Phi) is 3.51. The summed E-state index contributed by atoms with van der Waals surface area (Å²) in [7, 11) is 0. The quantitative estimate of drug-likeness (QED) is 0.391. The standard InChI is InChI=1S/C11H14O3/c1-2-4-10(5-3-1)6-12-9-13-7-11-8-14-11/h1-5,11H,6-9H2. The number of rotatable bonds is 6. The van der Waals surface area contributed by atoms with E-state index >= 15 is 0 Å². The molecule has 76 valence electrons. The van der Waals surface area contributed by atoms with E-state index < -0.39 is 0 Å². The van der Waals surface area contributed by atoms with E-state index in [9.17, 15) is 0 Å². The molecule has 1 fully saturated rings. The van der Waals surface area contributed by atoms with Crippen molar-refractivity contribution in [3.8, 4) is 0 Å². The van der Waals surface area contributed by atoms with Gasteiger partial charge in [0.2, 0.25) is 0 Å². The van der Waals surface area contributed by atoms with Gasteiger partial charge >= 0.3 is 0 Å². The maximum Gasteiger partial charge on any atom is 0.147 e. The molecule has 1 atom stereocenters. The number of benzene rings is 1. The Morgan fingerprint density at radius 3 is 2.71 bits per heavy atom. The van der Waals surface area contributed by atoms with Crippen LogP contribution in [0.15, 0.2) is 30.3 Å². The summed E-state index contributed by atoms with van der Waals surface area (Å²) in [5.74, 6) is 0. The number of hydrogen-bond acceptors (Lipinski definition) is 3. The van der Waals surface area contributed by atoms with Crippen molar-refractivity contribution in [1.82, 2.24) is 0 Å². The molecule has 0 aromatic heterocycles. The summed E-state index contributed by atoms with van der Waals surface area (Å²) in [6, 6.07) is 10.0. The van der Waals surface area contributed by atoms with Crippen LogP contribution in [-0.2, 0) is 20.8 Å². The third-order valence-electron chi connectivity index (χ3n) is 1.98. The lowest BCUT2D eigenvalue weighted by Gasteiger charge is -2.04. The smallest absolute Gasteiger partial charge is 0.147 e. The second kappa shape index (κ2) is 5.10. The Hall–Kier alpha value is -0.900. The molecule has 14 heavy (non-hydrogen) atoms. The molecule has 1 aliphatic heterocycles. The number of ether oxygens (including phenoxy) is 3. The monoisotopic (exact) mass is 194 g/mol. The molecule has 1 saturated heterocycles. The predicted octanol–water partition coefficient (Wildman–Crippen LogP) is 1.58. The minimum Gasteiger partial charge on any atom is -0.371 e. The molecule has 1 unspecified atom stereocenters. The van der Waals surface area contributed by atoms with Gasteiger partial charge in [0.05, 0.1) is 19.8 Å². The van der Waals surface area contributed by atoms with Gasteiger partial charge in [-0.3, -0.25) is 0 Å². The molecule has 2 rings (SSSR count). The highest BCUT2D eigenvalue weighted by Gasteiger charge is 2.21. The van der Waals surface area contributed by atoms with Gasteiger partial charge in [0.25, 0.3) is 0 Å². The van der Waals surface area contributed by atoms with Crippen molar-refractivity contribution in [2.75, 3.05) is 20.0 Å². The lowest BCUT2D eigenvalue weighted by atomic mass is 10.2. The third kappa shape index (κ3) is 3.46. The summed E-state index contributed by atoms with van der Waals surface area (Å²) in [6.45, 7) is 2.43. The van der Waals surface area contributed by atoms with Crippen LogP contribution >= 0.6 is 0 Å². The Labute approximate surface area is 83.6 Å². The molecule has 0 amide bonds. The molecule has 1 aromatic carbocycles. The van der Waals surface area contributed by atoms with E-state index in [0.29, 0.717) is 26.1 Å². The lowest BCUT2D eigenvalue weighted by Crippen LogP contribution is -2.05. The first-order valence-corrected chi connectivity index (χ1v) is 4.76. The first-order valence-electron chi connectivity index (χ1n) is 4.76. The molecule has 1 aliphatic rings. The van der Waals surface area contributed by atoms with Crippen molar-refractivity contribution in [3.63, 3.8) is 0 Å². The summed E-state index contributed by atoms with van der Waals surface area (Å²) in [5, 5.41) is 0.